The van der Waals surface area contributed by atoms with Crippen molar-refractivity contribution in [2.45, 2.75) is 37.4 Å². The van der Waals surface area contributed by atoms with Gasteiger partial charge < -0.3 is 10.1 Å². The Balaban J connectivity index is 1.97. The lowest BCUT2D eigenvalue weighted by molar-refractivity contribution is 0.0884. The van der Waals surface area contributed by atoms with Gasteiger partial charge in [0.1, 0.15) is 0 Å². The Morgan fingerprint density at radius 1 is 1.43 bits per heavy atom. The topological polar surface area (TPSA) is 80.3 Å². The third-order valence-corrected chi connectivity index (χ3v) is 5.08. The summed E-state index contributed by atoms with van der Waals surface area (Å²) in [7, 11) is -1.71. The summed E-state index contributed by atoms with van der Waals surface area (Å²) in [6.45, 7) is 3.83. The predicted molar refractivity (Wildman–Crippen MR) is 80.3 cm³/mol. The molecule has 0 bridgehead atoms. The average Bonchev–Trinajstić information content (AvgIpc) is 2.94. The number of nitrogens with zero attached hydrogens (tertiary/aromatic N) is 1. The molecule has 7 heteroatoms. The maximum Gasteiger partial charge on any atom is 0.258 e. The molecule has 21 heavy (non-hydrogen) atoms. The summed E-state index contributed by atoms with van der Waals surface area (Å²) < 4.78 is 32.7. The van der Waals surface area contributed by atoms with Crippen molar-refractivity contribution in [3.63, 3.8) is 0 Å². The fourth-order valence-electron chi connectivity index (χ4n) is 2.55. The Hall–Kier alpha value is -1.02. The van der Waals surface area contributed by atoms with Crippen molar-refractivity contribution < 1.29 is 13.2 Å². The Labute approximate surface area is 126 Å². The van der Waals surface area contributed by atoms with E-state index in [9.17, 15) is 8.42 Å². The number of hydrogen-bond acceptors (Lipinski definition) is 5. The van der Waals surface area contributed by atoms with Gasteiger partial charge in [0.15, 0.2) is 5.03 Å². The Bertz CT molecular complexity index is 545. The van der Waals surface area contributed by atoms with Crippen LogP contribution < -0.4 is 10.0 Å². The van der Waals surface area contributed by atoms with Gasteiger partial charge in [-0.05, 0) is 31.5 Å². The number of rotatable bonds is 7. The molecule has 1 aliphatic rings. The van der Waals surface area contributed by atoms with Gasteiger partial charge in [-0.2, -0.15) is 0 Å². The highest BCUT2D eigenvalue weighted by atomic mass is 32.2. The molecule has 1 aliphatic heterocycles. The zero-order chi connectivity index (χ0) is 15.3. The summed E-state index contributed by atoms with van der Waals surface area (Å²) in [6.07, 6.45) is 3.54. The van der Waals surface area contributed by atoms with E-state index in [1.807, 2.05) is 7.05 Å². The van der Waals surface area contributed by atoms with Crippen molar-refractivity contribution in [3.05, 3.63) is 23.9 Å². The normalized spacial score (nSPS) is 22.6. The van der Waals surface area contributed by atoms with Crippen LogP contribution in [-0.4, -0.2) is 39.7 Å². The maximum absolute atomic E-state index is 12.2. The first-order valence-corrected chi connectivity index (χ1v) is 8.76. The molecule has 118 valence electrons. The summed E-state index contributed by atoms with van der Waals surface area (Å²) in [6, 6.07) is 3.31. The van der Waals surface area contributed by atoms with E-state index in [2.05, 4.69) is 21.9 Å². The fraction of sp³-hybridized carbons (Fsp3) is 0.643. The van der Waals surface area contributed by atoms with E-state index >= 15 is 0 Å². The molecule has 0 radical (unpaired) electrons. The second-order valence-electron chi connectivity index (χ2n) is 5.25. The third kappa shape index (κ3) is 4.23. The first kappa shape index (κ1) is 16.4. The van der Waals surface area contributed by atoms with E-state index in [1.54, 1.807) is 12.3 Å². The number of pyridine rings is 1. The molecule has 1 saturated heterocycles. The van der Waals surface area contributed by atoms with Crippen molar-refractivity contribution in [3.8, 4) is 0 Å². The number of nitrogens with one attached hydrogen (secondary N) is 2. The Kier molecular flexibility index (Phi) is 5.69. The monoisotopic (exact) mass is 313 g/mol. The highest BCUT2D eigenvalue weighted by Crippen LogP contribution is 2.23. The molecule has 0 amide bonds. The van der Waals surface area contributed by atoms with Crippen LogP contribution in [0.15, 0.2) is 23.4 Å². The lowest BCUT2D eigenvalue weighted by atomic mass is 10.0. The van der Waals surface area contributed by atoms with E-state index in [1.165, 1.54) is 6.07 Å². The van der Waals surface area contributed by atoms with Crippen molar-refractivity contribution >= 4 is 10.0 Å². The minimum absolute atomic E-state index is 0.0642. The SMILES string of the molecule is CCC1OCCC1CNS(=O)(=O)c1ccc(CNC)cn1. The molecule has 0 saturated carbocycles. The number of ether oxygens (including phenoxy) is 1. The Morgan fingerprint density at radius 2 is 2.24 bits per heavy atom. The van der Waals surface area contributed by atoms with Gasteiger partial charge in [0, 0.05) is 31.8 Å². The van der Waals surface area contributed by atoms with Crippen LogP contribution in [0.2, 0.25) is 0 Å². The number of sulfonamides is 1. The molecular formula is C14H23N3O3S. The standard InChI is InChI=1S/C14H23N3O3S/c1-3-13-12(6-7-20-13)10-17-21(18,19)14-5-4-11(8-15-2)9-16-14/h4-5,9,12-13,15,17H,3,6-8,10H2,1-2H3. The van der Waals surface area contributed by atoms with Crippen molar-refractivity contribution in [2.75, 3.05) is 20.2 Å². The second-order valence-corrected chi connectivity index (χ2v) is 6.97. The summed E-state index contributed by atoms with van der Waals surface area (Å²) in [4.78, 5) is 4.03. The molecule has 0 aliphatic carbocycles. The molecule has 1 aromatic rings. The van der Waals surface area contributed by atoms with Crippen molar-refractivity contribution in [1.82, 2.24) is 15.0 Å². The molecule has 2 unspecified atom stereocenters. The van der Waals surface area contributed by atoms with Gasteiger partial charge >= 0.3 is 0 Å². The zero-order valence-corrected chi connectivity index (χ0v) is 13.3. The minimum atomic E-state index is -3.55. The second kappa shape index (κ2) is 7.31. The van der Waals surface area contributed by atoms with Crippen molar-refractivity contribution in [1.29, 1.82) is 0 Å². The summed E-state index contributed by atoms with van der Waals surface area (Å²) in [5.74, 6) is 0.244. The lowest BCUT2D eigenvalue weighted by Gasteiger charge is -2.17. The first-order valence-electron chi connectivity index (χ1n) is 7.27. The lowest BCUT2D eigenvalue weighted by Crippen LogP contribution is -2.33. The highest BCUT2D eigenvalue weighted by Gasteiger charge is 2.28. The molecule has 1 aromatic heterocycles. The van der Waals surface area contributed by atoms with Crippen LogP contribution in [-0.2, 0) is 21.3 Å². The van der Waals surface area contributed by atoms with Gasteiger partial charge in [0.25, 0.3) is 10.0 Å². The maximum atomic E-state index is 12.2. The van der Waals surface area contributed by atoms with E-state index in [0.717, 1.165) is 18.4 Å². The van der Waals surface area contributed by atoms with E-state index < -0.39 is 10.0 Å². The quantitative estimate of drug-likeness (QED) is 0.781. The number of hydrogen-bond donors (Lipinski definition) is 2. The van der Waals surface area contributed by atoms with Gasteiger partial charge in [-0.1, -0.05) is 13.0 Å². The third-order valence-electron chi connectivity index (χ3n) is 3.74. The highest BCUT2D eigenvalue weighted by molar-refractivity contribution is 7.89. The van der Waals surface area contributed by atoms with Crippen LogP contribution in [0.5, 0.6) is 0 Å². The predicted octanol–water partition coefficient (Wildman–Crippen LogP) is 0.894. The zero-order valence-electron chi connectivity index (χ0n) is 12.5. The van der Waals surface area contributed by atoms with Crippen LogP contribution in [0.4, 0.5) is 0 Å². The Morgan fingerprint density at radius 3 is 2.86 bits per heavy atom. The molecule has 2 rings (SSSR count). The van der Waals surface area contributed by atoms with Gasteiger partial charge in [-0.25, -0.2) is 18.1 Å². The average molecular weight is 313 g/mol. The van der Waals surface area contributed by atoms with E-state index in [-0.39, 0.29) is 17.0 Å². The van der Waals surface area contributed by atoms with Gasteiger partial charge in [-0.15, -0.1) is 0 Å². The first-order chi connectivity index (χ1) is 10.1. The van der Waals surface area contributed by atoms with E-state index in [4.69, 9.17) is 4.74 Å². The van der Waals surface area contributed by atoms with Gasteiger partial charge in [0.05, 0.1) is 6.10 Å². The number of aromatic nitrogens is 1. The molecule has 0 aromatic carbocycles. The van der Waals surface area contributed by atoms with Crippen LogP contribution in [0.3, 0.4) is 0 Å². The molecule has 0 spiro atoms. The molecule has 2 heterocycles. The molecule has 2 atom stereocenters. The van der Waals surface area contributed by atoms with Crippen molar-refractivity contribution in [2.24, 2.45) is 5.92 Å². The van der Waals surface area contributed by atoms with Crippen LogP contribution >= 0.6 is 0 Å². The van der Waals surface area contributed by atoms with Crippen LogP contribution in [0.25, 0.3) is 0 Å². The van der Waals surface area contributed by atoms with Gasteiger partial charge in [-0.3, -0.25) is 0 Å². The summed E-state index contributed by atoms with van der Waals surface area (Å²) in [5, 5.41) is 3.06. The largest absolute Gasteiger partial charge is 0.378 e. The molecule has 1 fully saturated rings. The fourth-order valence-corrected chi connectivity index (χ4v) is 3.57. The summed E-state index contributed by atoms with van der Waals surface area (Å²) in [5.41, 5.74) is 0.951. The molecular weight excluding hydrogens is 290 g/mol. The van der Waals surface area contributed by atoms with Gasteiger partial charge in [0.2, 0.25) is 0 Å². The minimum Gasteiger partial charge on any atom is -0.378 e. The smallest absolute Gasteiger partial charge is 0.258 e. The molecule has 6 nitrogen and oxygen atoms in total. The summed E-state index contributed by atoms with van der Waals surface area (Å²) >= 11 is 0. The van der Waals surface area contributed by atoms with E-state index in [0.29, 0.717) is 19.7 Å². The van der Waals surface area contributed by atoms with Crippen LogP contribution in [0, 0.1) is 5.92 Å². The van der Waals surface area contributed by atoms with Crippen LogP contribution in [0.1, 0.15) is 25.3 Å². The molecule has 2 N–H and O–H groups in total.